The van der Waals surface area contributed by atoms with Gasteiger partial charge in [-0.3, -0.25) is 4.79 Å². The molecule has 1 heterocycles. The number of amides is 1. The summed E-state index contributed by atoms with van der Waals surface area (Å²) in [6.07, 6.45) is 4.60. The number of rotatable bonds is 10. The maximum atomic E-state index is 12.2. The lowest BCUT2D eigenvalue weighted by Crippen LogP contribution is -2.35. The van der Waals surface area contributed by atoms with Crippen molar-refractivity contribution in [1.29, 1.82) is 0 Å². The largest absolute Gasteiger partial charge is 0.493 e. The number of aryl methyl sites for hydroxylation is 1. The molecule has 1 amide bonds. The van der Waals surface area contributed by atoms with E-state index >= 15 is 0 Å². The van der Waals surface area contributed by atoms with Crippen LogP contribution >= 0.6 is 0 Å². The van der Waals surface area contributed by atoms with Crippen molar-refractivity contribution < 1.29 is 19.0 Å². The number of nitrogens with one attached hydrogen (secondary N) is 1. The van der Waals surface area contributed by atoms with Crippen LogP contribution in [0, 0.1) is 5.92 Å². The van der Waals surface area contributed by atoms with E-state index in [4.69, 9.17) is 14.2 Å². The predicted molar refractivity (Wildman–Crippen MR) is 107 cm³/mol. The van der Waals surface area contributed by atoms with E-state index in [1.54, 1.807) is 21.3 Å². The molecule has 1 fully saturated rings. The normalized spacial score (nSPS) is 15.4. The van der Waals surface area contributed by atoms with Gasteiger partial charge in [-0.2, -0.15) is 0 Å². The minimum absolute atomic E-state index is 0.0686. The van der Waals surface area contributed by atoms with E-state index in [9.17, 15) is 4.79 Å². The second-order valence-electron chi connectivity index (χ2n) is 7.22. The maximum absolute atomic E-state index is 12.2. The number of benzene rings is 1. The van der Waals surface area contributed by atoms with Crippen LogP contribution in [0.5, 0.6) is 17.2 Å². The second-order valence-corrected chi connectivity index (χ2v) is 7.22. The fourth-order valence-corrected chi connectivity index (χ4v) is 3.51. The van der Waals surface area contributed by atoms with Crippen molar-refractivity contribution in [1.82, 2.24) is 10.2 Å². The second kappa shape index (κ2) is 11.0. The number of carbonyl (C=O) groups excluding carboxylic acids is 1. The van der Waals surface area contributed by atoms with Crippen LogP contribution in [0.4, 0.5) is 0 Å². The molecule has 0 unspecified atom stereocenters. The Morgan fingerprint density at radius 3 is 2.44 bits per heavy atom. The smallest absolute Gasteiger partial charge is 0.220 e. The third-order valence-corrected chi connectivity index (χ3v) is 5.26. The first kappa shape index (κ1) is 21.4. The zero-order valence-corrected chi connectivity index (χ0v) is 17.2. The third-order valence-electron chi connectivity index (χ3n) is 5.26. The van der Waals surface area contributed by atoms with Gasteiger partial charge in [-0.05, 0) is 62.9 Å². The number of hydrogen-bond donors (Lipinski definition) is 1. The van der Waals surface area contributed by atoms with Crippen LogP contribution in [-0.4, -0.2) is 58.3 Å². The monoisotopic (exact) mass is 378 g/mol. The molecule has 0 spiro atoms. The van der Waals surface area contributed by atoms with Gasteiger partial charge in [0, 0.05) is 13.0 Å². The van der Waals surface area contributed by atoms with Gasteiger partial charge in [0.1, 0.15) is 0 Å². The van der Waals surface area contributed by atoms with Crippen LogP contribution in [-0.2, 0) is 11.2 Å². The minimum Gasteiger partial charge on any atom is -0.493 e. The van der Waals surface area contributed by atoms with E-state index in [2.05, 4.69) is 17.1 Å². The molecule has 1 aromatic carbocycles. The van der Waals surface area contributed by atoms with Gasteiger partial charge in [0.2, 0.25) is 11.7 Å². The van der Waals surface area contributed by atoms with E-state index in [1.165, 1.54) is 25.9 Å². The Morgan fingerprint density at radius 2 is 1.81 bits per heavy atom. The summed E-state index contributed by atoms with van der Waals surface area (Å²) in [5, 5.41) is 3.03. The molecule has 0 bridgehead atoms. The Labute approximate surface area is 163 Å². The number of likely N-dealkylation sites (tertiary alicyclic amines) is 1. The molecule has 1 saturated heterocycles. The Hall–Kier alpha value is -1.95. The van der Waals surface area contributed by atoms with Gasteiger partial charge in [-0.15, -0.1) is 0 Å². The number of carbonyl (C=O) groups is 1. The maximum Gasteiger partial charge on any atom is 0.220 e. The molecule has 1 aliphatic rings. The molecule has 0 saturated carbocycles. The molecular formula is C21H34N2O4. The molecule has 0 atom stereocenters. The molecule has 0 radical (unpaired) electrons. The topological polar surface area (TPSA) is 60.0 Å². The highest BCUT2D eigenvalue weighted by Crippen LogP contribution is 2.40. The summed E-state index contributed by atoms with van der Waals surface area (Å²) in [6.45, 7) is 6.50. The molecule has 1 aliphatic heterocycles. The van der Waals surface area contributed by atoms with Crippen molar-refractivity contribution >= 4 is 5.91 Å². The first-order chi connectivity index (χ1) is 13.1. The molecule has 0 aliphatic carbocycles. The van der Waals surface area contributed by atoms with Crippen molar-refractivity contribution in [2.45, 2.75) is 39.0 Å². The first-order valence-corrected chi connectivity index (χ1v) is 9.86. The van der Waals surface area contributed by atoms with Gasteiger partial charge in [0.15, 0.2) is 11.5 Å². The van der Waals surface area contributed by atoms with Gasteiger partial charge in [0.25, 0.3) is 0 Å². The predicted octanol–water partition coefficient (Wildman–Crippen LogP) is 2.88. The summed E-state index contributed by atoms with van der Waals surface area (Å²) in [4.78, 5) is 14.7. The number of ether oxygens (including phenoxy) is 3. The average molecular weight is 379 g/mol. The van der Waals surface area contributed by atoms with Crippen molar-refractivity contribution in [3.8, 4) is 17.2 Å². The highest BCUT2D eigenvalue weighted by atomic mass is 16.5. The first-order valence-electron chi connectivity index (χ1n) is 9.86. The lowest BCUT2D eigenvalue weighted by atomic mass is 9.99. The van der Waals surface area contributed by atoms with Crippen LogP contribution < -0.4 is 19.5 Å². The zero-order valence-electron chi connectivity index (χ0n) is 17.2. The summed E-state index contributed by atoms with van der Waals surface area (Å²) < 4.78 is 16.2. The van der Waals surface area contributed by atoms with Gasteiger partial charge in [0.05, 0.1) is 21.3 Å². The van der Waals surface area contributed by atoms with Crippen LogP contribution in [0.15, 0.2) is 12.1 Å². The fourth-order valence-electron chi connectivity index (χ4n) is 3.51. The Kier molecular flexibility index (Phi) is 8.72. The standard InChI is InChI=1S/C21H34N2O4/c1-16-10-14-23(15-11-16)13-5-12-22-19(24)9-7-17-6-8-18(25-2)21(27-4)20(17)26-3/h6,8,16H,5,7,9-15H2,1-4H3,(H,22,24). The summed E-state index contributed by atoms with van der Waals surface area (Å²) >= 11 is 0. The van der Waals surface area contributed by atoms with Gasteiger partial charge in [-0.25, -0.2) is 0 Å². The zero-order chi connectivity index (χ0) is 19.6. The van der Waals surface area contributed by atoms with Crippen molar-refractivity contribution in [2.24, 2.45) is 5.92 Å². The Morgan fingerprint density at radius 1 is 1.11 bits per heavy atom. The molecule has 2 rings (SSSR count). The minimum atomic E-state index is 0.0686. The molecule has 1 aromatic rings. The number of methoxy groups -OCH3 is 3. The van der Waals surface area contributed by atoms with E-state index in [0.717, 1.165) is 31.0 Å². The molecule has 0 aromatic heterocycles. The van der Waals surface area contributed by atoms with E-state index in [0.29, 0.717) is 30.1 Å². The average Bonchev–Trinajstić information content (AvgIpc) is 2.69. The van der Waals surface area contributed by atoms with Crippen molar-refractivity contribution in [2.75, 3.05) is 47.5 Å². The molecule has 6 nitrogen and oxygen atoms in total. The van der Waals surface area contributed by atoms with Crippen LogP contribution in [0.2, 0.25) is 0 Å². The lowest BCUT2D eigenvalue weighted by molar-refractivity contribution is -0.121. The Bertz CT molecular complexity index is 598. The van der Waals surface area contributed by atoms with E-state index < -0.39 is 0 Å². The Balaban J connectivity index is 1.74. The van der Waals surface area contributed by atoms with E-state index in [1.807, 2.05) is 12.1 Å². The summed E-state index contributed by atoms with van der Waals surface area (Å²) in [6, 6.07) is 3.76. The SMILES string of the molecule is COc1ccc(CCC(=O)NCCCN2CCC(C)CC2)c(OC)c1OC. The molecule has 152 valence electrons. The highest BCUT2D eigenvalue weighted by molar-refractivity contribution is 5.76. The summed E-state index contributed by atoms with van der Waals surface area (Å²) in [5.41, 5.74) is 0.938. The van der Waals surface area contributed by atoms with Crippen LogP contribution in [0.25, 0.3) is 0 Å². The number of nitrogens with zero attached hydrogens (tertiary/aromatic N) is 1. The highest BCUT2D eigenvalue weighted by Gasteiger charge is 2.17. The molecule has 1 N–H and O–H groups in total. The number of hydrogen-bond acceptors (Lipinski definition) is 5. The van der Waals surface area contributed by atoms with Crippen molar-refractivity contribution in [3.05, 3.63) is 17.7 Å². The van der Waals surface area contributed by atoms with E-state index in [-0.39, 0.29) is 5.91 Å². The quantitative estimate of drug-likeness (QED) is 0.635. The molecule has 27 heavy (non-hydrogen) atoms. The summed E-state index contributed by atoms with van der Waals surface area (Å²) in [7, 11) is 4.77. The molecule has 6 heteroatoms. The van der Waals surface area contributed by atoms with Gasteiger partial charge >= 0.3 is 0 Å². The van der Waals surface area contributed by atoms with Crippen LogP contribution in [0.3, 0.4) is 0 Å². The molecular weight excluding hydrogens is 344 g/mol. The number of piperidine rings is 1. The summed E-state index contributed by atoms with van der Waals surface area (Å²) in [5.74, 6) is 2.74. The van der Waals surface area contributed by atoms with Gasteiger partial charge < -0.3 is 24.4 Å². The van der Waals surface area contributed by atoms with Crippen molar-refractivity contribution in [3.63, 3.8) is 0 Å². The van der Waals surface area contributed by atoms with Crippen LogP contribution in [0.1, 0.15) is 38.2 Å². The lowest BCUT2D eigenvalue weighted by Gasteiger charge is -2.30. The fraction of sp³-hybridized carbons (Fsp3) is 0.667. The van der Waals surface area contributed by atoms with Gasteiger partial charge in [-0.1, -0.05) is 13.0 Å². The third kappa shape index (κ3) is 6.31.